The first-order chi connectivity index (χ1) is 9.75. The maximum absolute atomic E-state index is 3.51. The van der Waals surface area contributed by atoms with Crippen LogP contribution in [0, 0.1) is 0 Å². The van der Waals surface area contributed by atoms with Crippen LogP contribution in [0.1, 0.15) is 17.5 Å². The fourth-order valence-corrected chi connectivity index (χ4v) is 2.21. The Morgan fingerprint density at radius 1 is 0.850 bits per heavy atom. The highest BCUT2D eigenvalue weighted by Gasteiger charge is 1.96. The molecule has 0 aliphatic heterocycles. The smallest absolute Gasteiger partial charge is 0.0361 e. The number of aryl methyl sites for hydroxylation is 1. The minimum atomic E-state index is 0.947. The van der Waals surface area contributed by atoms with E-state index >= 15 is 0 Å². The Morgan fingerprint density at radius 3 is 2.20 bits per heavy atom. The van der Waals surface area contributed by atoms with Crippen molar-refractivity contribution in [2.45, 2.75) is 19.4 Å². The van der Waals surface area contributed by atoms with Gasteiger partial charge in [-0.05, 0) is 42.6 Å². The quantitative estimate of drug-likeness (QED) is 0.773. The average Bonchev–Trinajstić information content (AvgIpc) is 2.48. The molecule has 2 nitrogen and oxygen atoms in total. The monoisotopic (exact) mass is 268 g/mol. The lowest BCUT2D eigenvalue weighted by atomic mass is 10.1. The second-order valence-electron chi connectivity index (χ2n) is 5.33. The Kier molecular flexibility index (Phi) is 5.63. The van der Waals surface area contributed by atoms with E-state index in [9.17, 15) is 0 Å². The maximum Gasteiger partial charge on any atom is 0.0361 e. The van der Waals surface area contributed by atoms with Crippen molar-refractivity contribution in [1.82, 2.24) is 5.32 Å². The molecule has 0 aromatic heterocycles. The molecule has 0 unspecified atom stereocenters. The summed E-state index contributed by atoms with van der Waals surface area (Å²) in [6.07, 6.45) is 2.33. The third-order valence-corrected chi connectivity index (χ3v) is 3.44. The first-order valence-electron chi connectivity index (χ1n) is 7.26. The van der Waals surface area contributed by atoms with Crippen molar-refractivity contribution >= 4 is 5.69 Å². The van der Waals surface area contributed by atoms with Gasteiger partial charge in [0, 0.05) is 26.3 Å². The van der Waals surface area contributed by atoms with Crippen LogP contribution in [0.5, 0.6) is 0 Å². The van der Waals surface area contributed by atoms with Crippen molar-refractivity contribution in [3.63, 3.8) is 0 Å². The van der Waals surface area contributed by atoms with E-state index in [0.717, 1.165) is 19.5 Å². The molecule has 2 rings (SSSR count). The Morgan fingerprint density at radius 2 is 1.55 bits per heavy atom. The van der Waals surface area contributed by atoms with Crippen LogP contribution >= 0.6 is 0 Å². The summed E-state index contributed by atoms with van der Waals surface area (Å²) in [5, 5.41) is 3.51. The minimum absolute atomic E-state index is 0.947. The number of nitrogens with zero attached hydrogens (tertiary/aromatic N) is 1. The first-order valence-corrected chi connectivity index (χ1v) is 7.26. The fraction of sp³-hybridized carbons (Fsp3) is 0.333. The van der Waals surface area contributed by atoms with Gasteiger partial charge in [-0.15, -0.1) is 0 Å². The Hall–Kier alpha value is -1.80. The molecular formula is C18H24N2. The standard InChI is InChI=1S/C18H24N2/c1-20(2)18-12-10-17(11-13-18)15-19-14-6-9-16-7-4-3-5-8-16/h3-5,7-8,10-13,19H,6,9,14-15H2,1-2H3. The lowest BCUT2D eigenvalue weighted by Crippen LogP contribution is -2.15. The SMILES string of the molecule is CN(C)c1ccc(CNCCCc2ccccc2)cc1. The highest BCUT2D eigenvalue weighted by atomic mass is 15.1. The zero-order valence-electron chi connectivity index (χ0n) is 12.5. The first kappa shape index (κ1) is 14.6. The fourth-order valence-electron chi connectivity index (χ4n) is 2.21. The van der Waals surface area contributed by atoms with Gasteiger partial charge in [0.1, 0.15) is 0 Å². The summed E-state index contributed by atoms with van der Waals surface area (Å²) < 4.78 is 0. The molecule has 0 radical (unpaired) electrons. The van der Waals surface area contributed by atoms with E-state index in [1.54, 1.807) is 0 Å². The molecule has 106 valence electrons. The van der Waals surface area contributed by atoms with Gasteiger partial charge < -0.3 is 10.2 Å². The molecule has 20 heavy (non-hydrogen) atoms. The summed E-state index contributed by atoms with van der Waals surface area (Å²) in [4.78, 5) is 2.12. The average molecular weight is 268 g/mol. The van der Waals surface area contributed by atoms with E-state index in [1.807, 2.05) is 0 Å². The van der Waals surface area contributed by atoms with Crippen LogP contribution in [0.3, 0.4) is 0 Å². The zero-order chi connectivity index (χ0) is 14.2. The Balaban J connectivity index is 1.66. The van der Waals surface area contributed by atoms with Gasteiger partial charge in [0.25, 0.3) is 0 Å². The van der Waals surface area contributed by atoms with E-state index in [4.69, 9.17) is 0 Å². The number of benzene rings is 2. The van der Waals surface area contributed by atoms with E-state index < -0.39 is 0 Å². The lowest BCUT2D eigenvalue weighted by Gasteiger charge is -2.12. The van der Waals surface area contributed by atoms with Crippen LogP contribution in [0.15, 0.2) is 54.6 Å². The van der Waals surface area contributed by atoms with E-state index in [-0.39, 0.29) is 0 Å². The number of hydrogen-bond donors (Lipinski definition) is 1. The minimum Gasteiger partial charge on any atom is -0.378 e. The molecule has 2 heteroatoms. The normalized spacial score (nSPS) is 10.5. The van der Waals surface area contributed by atoms with Crippen molar-refractivity contribution in [3.05, 3.63) is 65.7 Å². The van der Waals surface area contributed by atoms with Gasteiger partial charge >= 0.3 is 0 Å². The summed E-state index contributed by atoms with van der Waals surface area (Å²) in [7, 11) is 4.13. The second-order valence-corrected chi connectivity index (χ2v) is 5.33. The molecule has 2 aromatic carbocycles. The summed E-state index contributed by atoms with van der Waals surface area (Å²) >= 11 is 0. The Labute approximate surface area is 122 Å². The number of rotatable bonds is 7. The van der Waals surface area contributed by atoms with Crippen LogP contribution in [-0.4, -0.2) is 20.6 Å². The predicted octanol–water partition coefficient (Wildman–Crippen LogP) is 3.48. The van der Waals surface area contributed by atoms with Crippen LogP contribution < -0.4 is 10.2 Å². The summed E-state index contributed by atoms with van der Waals surface area (Å²) in [5.41, 5.74) is 4.01. The summed E-state index contributed by atoms with van der Waals surface area (Å²) in [6, 6.07) is 19.4. The highest BCUT2D eigenvalue weighted by molar-refractivity contribution is 5.45. The van der Waals surface area contributed by atoms with Crippen molar-refractivity contribution in [2.24, 2.45) is 0 Å². The van der Waals surface area contributed by atoms with Gasteiger partial charge in [0.05, 0.1) is 0 Å². The molecule has 1 N–H and O–H groups in total. The maximum atomic E-state index is 3.51. The van der Waals surface area contributed by atoms with Crippen LogP contribution in [0.2, 0.25) is 0 Å². The van der Waals surface area contributed by atoms with E-state index in [2.05, 4.69) is 78.9 Å². The molecule has 0 spiro atoms. The van der Waals surface area contributed by atoms with Gasteiger partial charge in [-0.2, -0.15) is 0 Å². The van der Waals surface area contributed by atoms with Crippen molar-refractivity contribution in [3.8, 4) is 0 Å². The van der Waals surface area contributed by atoms with Gasteiger partial charge in [0.15, 0.2) is 0 Å². The Bertz CT molecular complexity index is 489. The summed E-state index contributed by atoms with van der Waals surface area (Å²) in [6.45, 7) is 2.01. The van der Waals surface area contributed by atoms with Crippen molar-refractivity contribution < 1.29 is 0 Å². The van der Waals surface area contributed by atoms with Crippen molar-refractivity contribution in [1.29, 1.82) is 0 Å². The van der Waals surface area contributed by atoms with Crippen LogP contribution in [0.25, 0.3) is 0 Å². The van der Waals surface area contributed by atoms with E-state index in [0.29, 0.717) is 0 Å². The molecule has 0 atom stereocenters. The largest absolute Gasteiger partial charge is 0.378 e. The molecule has 0 aliphatic rings. The zero-order valence-corrected chi connectivity index (χ0v) is 12.5. The molecule has 0 saturated carbocycles. The van der Waals surface area contributed by atoms with Gasteiger partial charge in [0.2, 0.25) is 0 Å². The molecule has 0 amide bonds. The topological polar surface area (TPSA) is 15.3 Å². The van der Waals surface area contributed by atoms with Crippen LogP contribution in [0.4, 0.5) is 5.69 Å². The van der Waals surface area contributed by atoms with E-state index in [1.165, 1.54) is 23.2 Å². The molecule has 0 heterocycles. The van der Waals surface area contributed by atoms with Gasteiger partial charge in [-0.25, -0.2) is 0 Å². The molecule has 0 aliphatic carbocycles. The second kappa shape index (κ2) is 7.71. The molecule has 0 bridgehead atoms. The third-order valence-electron chi connectivity index (χ3n) is 3.44. The van der Waals surface area contributed by atoms with Crippen molar-refractivity contribution in [2.75, 3.05) is 25.5 Å². The highest BCUT2D eigenvalue weighted by Crippen LogP contribution is 2.12. The predicted molar refractivity (Wildman–Crippen MR) is 87.2 cm³/mol. The number of hydrogen-bond acceptors (Lipinski definition) is 2. The van der Waals surface area contributed by atoms with Crippen LogP contribution in [-0.2, 0) is 13.0 Å². The number of anilines is 1. The molecule has 0 saturated heterocycles. The molecule has 0 fully saturated rings. The molecular weight excluding hydrogens is 244 g/mol. The lowest BCUT2D eigenvalue weighted by molar-refractivity contribution is 0.649. The summed E-state index contributed by atoms with van der Waals surface area (Å²) in [5.74, 6) is 0. The molecule has 2 aromatic rings. The van der Waals surface area contributed by atoms with Gasteiger partial charge in [-0.3, -0.25) is 0 Å². The van der Waals surface area contributed by atoms with Gasteiger partial charge in [-0.1, -0.05) is 42.5 Å². The third kappa shape index (κ3) is 4.71. The number of nitrogens with one attached hydrogen (secondary N) is 1.